The van der Waals surface area contributed by atoms with Crippen LogP contribution in [0.4, 0.5) is 0 Å². The van der Waals surface area contributed by atoms with Crippen molar-refractivity contribution in [3.8, 4) is 0 Å². The Morgan fingerprint density at radius 1 is 0.952 bits per heavy atom. The van der Waals surface area contributed by atoms with Gasteiger partial charge < -0.3 is 13.7 Å². The van der Waals surface area contributed by atoms with Crippen molar-refractivity contribution in [2.45, 2.75) is 64.5 Å². The summed E-state index contributed by atoms with van der Waals surface area (Å²) in [5, 5.41) is 0. The van der Waals surface area contributed by atoms with Crippen molar-refractivity contribution < 1.29 is 13.7 Å². The second-order valence-corrected chi connectivity index (χ2v) is 12.1. The van der Waals surface area contributed by atoms with E-state index in [2.05, 4.69) is 59.5 Å². The normalized spacial score (nSPS) is 22.3. The maximum absolute atomic E-state index is 6.38. The third kappa shape index (κ3) is 3.78. The molecule has 1 aliphatic heterocycles. The molecule has 1 aromatic rings. The minimum atomic E-state index is -1.72. The first kappa shape index (κ1) is 16.7. The Morgan fingerprint density at radius 3 is 1.86 bits per heavy atom. The van der Waals surface area contributed by atoms with E-state index >= 15 is 0 Å². The maximum atomic E-state index is 6.38. The van der Waals surface area contributed by atoms with Crippen LogP contribution in [0.2, 0.25) is 19.6 Å². The van der Waals surface area contributed by atoms with Gasteiger partial charge in [-0.15, -0.1) is 0 Å². The summed E-state index contributed by atoms with van der Waals surface area (Å²) < 4.78 is 18.8. The zero-order chi connectivity index (χ0) is 15.9. The lowest BCUT2D eigenvalue weighted by atomic mass is 9.77. The topological polar surface area (TPSA) is 27.7 Å². The summed E-state index contributed by atoms with van der Waals surface area (Å²) in [4.78, 5) is 0. The molecule has 0 aromatic heterocycles. The van der Waals surface area contributed by atoms with Crippen molar-refractivity contribution >= 4 is 15.4 Å². The first-order valence-electron chi connectivity index (χ1n) is 7.60. The fourth-order valence-electron chi connectivity index (χ4n) is 2.32. The first-order valence-corrected chi connectivity index (χ1v) is 11.0. The highest BCUT2D eigenvalue weighted by atomic mass is 28.4. The van der Waals surface area contributed by atoms with E-state index < -0.39 is 8.32 Å². The molecule has 1 saturated heterocycles. The van der Waals surface area contributed by atoms with Gasteiger partial charge in [0.05, 0.1) is 11.2 Å². The largest absolute Gasteiger partial charge is 0.492 e. The van der Waals surface area contributed by atoms with E-state index in [1.165, 1.54) is 0 Å². The number of benzene rings is 1. The van der Waals surface area contributed by atoms with Crippen LogP contribution in [0.15, 0.2) is 30.3 Å². The zero-order valence-corrected chi connectivity index (χ0v) is 15.3. The second kappa shape index (κ2) is 5.54. The van der Waals surface area contributed by atoms with Crippen molar-refractivity contribution in [1.82, 2.24) is 0 Å². The van der Waals surface area contributed by atoms with Crippen LogP contribution in [0.3, 0.4) is 0 Å². The molecule has 3 nitrogen and oxygen atoms in total. The Bertz CT molecular complexity index is 466. The molecule has 0 N–H and O–H groups in total. The van der Waals surface area contributed by atoms with Gasteiger partial charge in [0.2, 0.25) is 0 Å². The monoisotopic (exact) mass is 306 g/mol. The number of hydrogen-bond acceptors (Lipinski definition) is 3. The van der Waals surface area contributed by atoms with E-state index in [0.717, 1.165) is 5.56 Å². The van der Waals surface area contributed by atoms with Crippen LogP contribution < -0.4 is 0 Å². The lowest BCUT2D eigenvalue weighted by Crippen LogP contribution is -2.41. The van der Waals surface area contributed by atoms with Gasteiger partial charge in [0.1, 0.15) is 6.00 Å². The molecule has 21 heavy (non-hydrogen) atoms. The molecule has 0 bridgehead atoms. The van der Waals surface area contributed by atoms with Gasteiger partial charge in [0.25, 0.3) is 0 Å². The fourth-order valence-corrected chi connectivity index (χ4v) is 3.33. The molecule has 2 rings (SSSR count). The minimum absolute atomic E-state index is 0.182. The molecular formula is C16H27BO3Si. The van der Waals surface area contributed by atoms with Gasteiger partial charge in [-0.25, -0.2) is 0 Å². The molecule has 0 saturated carbocycles. The summed E-state index contributed by atoms with van der Waals surface area (Å²) >= 11 is 0. The lowest BCUT2D eigenvalue weighted by Gasteiger charge is -2.32. The van der Waals surface area contributed by atoms with Crippen LogP contribution in [0, 0.1) is 0 Å². The standard InChI is InChI=1S/C16H27BO3Si/c1-15(2)16(3,4)20-17(19-15)14(18-21(5,6)7)13-11-9-8-10-12-13/h8-12,14H,1-7H3/t14-/m1/s1. The Balaban J connectivity index is 2.30. The molecule has 1 fully saturated rings. The second-order valence-electron chi connectivity index (χ2n) is 7.69. The van der Waals surface area contributed by atoms with Crippen LogP contribution in [-0.4, -0.2) is 26.6 Å². The summed E-state index contributed by atoms with van der Waals surface area (Å²) in [7, 11) is -2.09. The van der Waals surface area contributed by atoms with Crippen molar-refractivity contribution in [3.05, 3.63) is 35.9 Å². The van der Waals surface area contributed by atoms with Crippen molar-refractivity contribution in [3.63, 3.8) is 0 Å². The van der Waals surface area contributed by atoms with Crippen molar-refractivity contribution in [2.75, 3.05) is 0 Å². The van der Waals surface area contributed by atoms with E-state index in [4.69, 9.17) is 13.7 Å². The quantitative estimate of drug-likeness (QED) is 0.780. The summed E-state index contributed by atoms with van der Waals surface area (Å²) in [6.45, 7) is 14.9. The molecule has 1 aliphatic rings. The summed E-state index contributed by atoms with van der Waals surface area (Å²) in [5.41, 5.74) is 0.430. The number of rotatable bonds is 4. The average molecular weight is 306 g/mol. The molecule has 0 radical (unpaired) electrons. The molecule has 0 spiro atoms. The molecule has 5 heteroatoms. The molecule has 1 aromatic carbocycles. The average Bonchev–Trinajstić information content (AvgIpc) is 2.55. The SMILES string of the molecule is CC1(C)OB([C@H](O[Si](C)(C)C)c2ccccc2)OC1(C)C. The molecule has 0 amide bonds. The van der Waals surface area contributed by atoms with Crippen molar-refractivity contribution in [1.29, 1.82) is 0 Å². The molecule has 116 valence electrons. The van der Waals surface area contributed by atoms with E-state index in [1.807, 2.05) is 18.2 Å². The Morgan fingerprint density at radius 2 is 1.43 bits per heavy atom. The highest BCUT2D eigenvalue weighted by Gasteiger charge is 2.55. The summed E-state index contributed by atoms with van der Waals surface area (Å²) in [5.74, 6) is 0. The van der Waals surface area contributed by atoms with Crippen molar-refractivity contribution in [2.24, 2.45) is 0 Å². The van der Waals surface area contributed by atoms with Gasteiger partial charge in [-0.1, -0.05) is 30.3 Å². The molecular weight excluding hydrogens is 279 g/mol. The van der Waals surface area contributed by atoms with Crippen LogP contribution >= 0.6 is 0 Å². The third-order valence-corrected chi connectivity index (χ3v) is 5.09. The number of hydrogen-bond donors (Lipinski definition) is 0. The van der Waals surface area contributed by atoms with E-state index in [0.29, 0.717) is 0 Å². The Kier molecular flexibility index (Phi) is 4.42. The molecule has 0 unspecified atom stereocenters. The smallest absolute Gasteiger partial charge is 0.412 e. The lowest BCUT2D eigenvalue weighted by molar-refractivity contribution is 0.00578. The Hall–Kier alpha value is -0.618. The van der Waals surface area contributed by atoms with Crippen LogP contribution in [0.25, 0.3) is 0 Å². The molecule has 0 aliphatic carbocycles. The van der Waals surface area contributed by atoms with Gasteiger partial charge in [0, 0.05) is 0 Å². The third-order valence-electron chi connectivity index (χ3n) is 4.13. The van der Waals surface area contributed by atoms with E-state index in [9.17, 15) is 0 Å². The highest BCUT2D eigenvalue weighted by molar-refractivity contribution is 6.70. The zero-order valence-electron chi connectivity index (χ0n) is 14.3. The van der Waals surface area contributed by atoms with Gasteiger partial charge in [0.15, 0.2) is 8.32 Å². The predicted molar refractivity (Wildman–Crippen MR) is 89.7 cm³/mol. The van der Waals surface area contributed by atoms with Crippen LogP contribution in [-0.2, 0) is 13.7 Å². The fraction of sp³-hybridized carbons (Fsp3) is 0.625. The van der Waals surface area contributed by atoms with Gasteiger partial charge in [-0.05, 0) is 52.9 Å². The summed E-state index contributed by atoms with van der Waals surface area (Å²) in [6, 6.07) is 10.0. The first-order chi connectivity index (χ1) is 9.52. The van der Waals surface area contributed by atoms with Gasteiger partial charge >= 0.3 is 7.12 Å². The van der Waals surface area contributed by atoms with Gasteiger partial charge in [-0.2, -0.15) is 0 Å². The van der Waals surface area contributed by atoms with Crippen LogP contribution in [0.1, 0.15) is 39.3 Å². The maximum Gasteiger partial charge on any atom is 0.492 e. The highest BCUT2D eigenvalue weighted by Crippen LogP contribution is 2.41. The summed E-state index contributed by atoms with van der Waals surface area (Å²) in [6.07, 6.45) is 0. The molecule has 1 heterocycles. The van der Waals surface area contributed by atoms with E-state index in [1.54, 1.807) is 0 Å². The predicted octanol–water partition coefficient (Wildman–Crippen LogP) is 4.21. The van der Waals surface area contributed by atoms with Crippen LogP contribution in [0.5, 0.6) is 0 Å². The minimum Gasteiger partial charge on any atom is -0.412 e. The van der Waals surface area contributed by atoms with E-state index in [-0.39, 0.29) is 24.3 Å². The van der Waals surface area contributed by atoms with Gasteiger partial charge in [-0.3, -0.25) is 0 Å². The molecule has 1 atom stereocenters. The Labute approximate surface area is 130 Å².